The third-order valence-corrected chi connectivity index (χ3v) is 6.74. The zero-order valence-electron chi connectivity index (χ0n) is 21.8. The molecular formula is C27H34NO5SSi. The number of hydrogen-bond donors (Lipinski definition) is 0. The SMILES string of the molecule is CCOc1ccc(-c2nc(-c3ccc(C(C)(C)C)c(C(=O)OC)c3O[Si](C)C)cs2)cc1OCC. The van der Waals surface area contributed by atoms with Gasteiger partial charge in [0.15, 0.2) is 11.5 Å². The summed E-state index contributed by atoms with van der Waals surface area (Å²) >= 11 is 1.53. The largest absolute Gasteiger partial charge is 0.542 e. The first-order valence-electron chi connectivity index (χ1n) is 11.7. The number of ether oxygens (including phenoxy) is 3. The van der Waals surface area contributed by atoms with Crippen LogP contribution in [0.1, 0.15) is 50.5 Å². The summed E-state index contributed by atoms with van der Waals surface area (Å²) in [6.07, 6.45) is 0. The Bertz CT molecular complexity index is 1180. The van der Waals surface area contributed by atoms with Crippen molar-refractivity contribution in [3.63, 3.8) is 0 Å². The highest BCUT2D eigenvalue weighted by Gasteiger charge is 2.29. The van der Waals surface area contributed by atoms with Gasteiger partial charge in [-0.3, -0.25) is 0 Å². The number of thiazole rings is 1. The molecule has 0 fully saturated rings. The molecule has 8 heteroatoms. The number of esters is 1. The Labute approximate surface area is 214 Å². The highest BCUT2D eigenvalue weighted by molar-refractivity contribution is 7.13. The molecule has 2 aromatic carbocycles. The first-order valence-corrected chi connectivity index (χ1v) is 15.0. The second kappa shape index (κ2) is 11.3. The van der Waals surface area contributed by atoms with Crippen LogP contribution in [0.4, 0.5) is 0 Å². The van der Waals surface area contributed by atoms with Crippen LogP contribution in [-0.2, 0) is 10.2 Å². The summed E-state index contributed by atoms with van der Waals surface area (Å²) in [6.45, 7) is 15.3. The van der Waals surface area contributed by atoms with E-state index in [0.717, 1.165) is 27.4 Å². The van der Waals surface area contributed by atoms with Crippen LogP contribution in [0.25, 0.3) is 21.8 Å². The Hall–Kier alpha value is -2.84. The fourth-order valence-electron chi connectivity index (χ4n) is 3.74. The lowest BCUT2D eigenvalue weighted by Crippen LogP contribution is -2.22. The predicted octanol–water partition coefficient (Wildman–Crippen LogP) is 6.99. The lowest BCUT2D eigenvalue weighted by molar-refractivity contribution is 0.0596. The maximum absolute atomic E-state index is 12.9. The Morgan fingerprint density at radius 1 is 1.03 bits per heavy atom. The van der Waals surface area contributed by atoms with Gasteiger partial charge in [0, 0.05) is 16.5 Å². The highest BCUT2D eigenvalue weighted by atomic mass is 32.1. The minimum absolute atomic E-state index is 0.264. The lowest BCUT2D eigenvalue weighted by atomic mass is 9.82. The molecule has 0 aliphatic carbocycles. The van der Waals surface area contributed by atoms with Gasteiger partial charge in [-0.15, -0.1) is 11.3 Å². The van der Waals surface area contributed by atoms with E-state index < -0.39 is 15.0 Å². The fraction of sp³-hybridized carbons (Fsp3) is 0.407. The Morgan fingerprint density at radius 3 is 2.31 bits per heavy atom. The molecule has 0 saturated carbocycles. The predicted molar refractivity (Wildman–Crippen MR) is 143 cm³/mol. The molecule has 0 bridgehead atoms. The second-order valence-electron chi connectivity index (χ2n) is 9.18. The maximum atomic E-state index is 12.9. The minimum Gasteiger partial charge on any atom is -0.542 e. The van der Waals surface area contributed by atoms with Gasteiger partial charge in [0.2, 0.25) is 0 Å². The lowest BCUT2D eigenvalue weighted by Gasteiger charge is -2.26. The van der Waals surface area contributed by atoms with Crippen molar-refractivity contribution in [2.75, 3.05) is 20.3 Å². The van der Waals surface area contributed by atoms with Crippen LogP contribution >= 0.6 is 11.3 Å². The molecule has 0 atom stereocenters. The zero-order valence-corrected chi connectivity index (χ0v) is 23.6. The van der Waals surface area contributed by atoms with Crippen LogP contribution < -0.4 is 13.9 Å². The molecule has 0 aliphatic heterocycles. The van der Waals surface area contributed by atoms with Gasteiger partial charge in [-0.05, 0) is 62.2 Å². The molecule has 1 radical (unpaired) electrons. The molecule has 0 unspecified atom stereocenters. The van der Waals surface area contributed by atoms with Gasteiger partial charge in [0.05, 0.1) is 26.0 Å². The molecular weight excluding hydrogens is 478 g/mol. The number of carbonyl (C=O) groups is 1. The summed E-state index contributed by atoms with van der Waals surface area (Å²) in [5, 5.41) is 2.83. The average Bonchev–Trinajstić information content (AvgIpc) is 3.28. The van der Waals surface area contributed by atoms with Crippen LogP contribution in [0, 0.1) is 0 Å². The Kier molecular flexibility index (Phi) is 8.61. The van der Waals surface area contributed by atoms with Gasteiger partial charge in [-0.2, -0.15) is 0 Å². The second-order valence-corrected chi connectivity index (χ2v) is 12.1. The summed E-state index contributed by atoms with van der Waals surface area (Å²) in [4.78, 5) is 17.9. The van der Waals surface area contributed by atoms with E-state index in [0.29, 0.717) is 36.0 Å². The Balaban J connectivity index is 2.14. The van der Waals surface area contributed by atoms with E-state index in [4.69, 9.17) is 23.6 Å². The number of benzene rings is 2. The van der Waals surface area contributed by atoms with Gasteiger partial charge in [-0.1, -0.05) is 26.8 Å². The van der Waals surface area contributed by atoms with Crippen molar-refractivity contribution in [3.05, 3.63) is 46.8 Å². The highest BCUT2D eigenvalue weighted by Crippen LogP contribution is 2.42. The smallest absolute Gasteiger partial charge is 0.341 e. The first kappa shape index (κ1) is 26.8. The minimum atomic E-state index is -1.17. The summed E-state index contributed by atoms with van der Waals surface area (Å²) in [7, 11) is 0.231. The van der Waals surface area contributed by atoms with Gasteiger partial charge < -0.3 is 18.6 Å². The molecule has 6 nitrogen and oxygen atoms in total. The van der Waals surface area contributed by atoms with Crippen LogP contribution in [-0.4, -0.2) is 40.3 Å². The van der Waals surface area contributed by atoms with Crippen molar-refractivity contribution >= 4 is 26.3 Å². The van der Waals surface area contributed by atoms with Crippen molar-refractivity contribution < 1.29 is 23.4 Å². The fourth-order valence-corrected chi connectivity index (χ4v) is 5.18. The van der Waals surface area contributed by atoms with Crippen LogP contribution in [0.15, 0.2) is 35.7 Å². The van der Waals surface area contributed by atoms with E-state index >= 15 is 0 Å². The number of carbonyl (C=O) groups excluding carboxylic acids is 1. The molecule has 3 rings (SSSR count). The van der Waals surface area contributed by atoms with E-state index in [2.05, 4.69) is 20.8 Å². The van der Waals surface area contributed by atoms with Crippen LogP contribution in [0.2, 0.25) is 13.1 Å². The normalized spacial score (nSPS) is 11.5. The van der Waals surface area contributed by atoms with Gasteiger partial charge >= 0.3 is 5.97 Å². The third-order valence-electron chi connectivity index (χ3n) is 5.23. The van der Waals surface area contributed by atoms with E-state index in [9.17, 15) is 4.79 Å². The van der Waals surface area contributed by atoms with Crippen LogP contribution in [0.5, 0.6) is 17.2 Å². The summed E-state index contributed by atoms with van der Waals surface area (Å²) in [6, 6.07) is 9.83. The summed E-state index contributed by atoms with van der Waals surface area (Å²) in [5.41, 5.74) is 3.56. The number of rotatable bonds is 9. The number of methoxy groups -OCH3 is 1. The molecule has 0 amide bonds. The summed E-state index contributed by atoms with van der Waals surface area (Å²) in [5.74, 6) is 1.55. The van der Waals surface area contributed by atoms with E-state index in [1.165, 1.54) is 18.4 Å². The van der Waals surface area contributed by atoms with Crippen molar-refractivity contribution in [2.24, 2.45) is 0 Å². The van der Waals surface area contributed by atoms with Crippen molar-refractivity contribution in [1.29, 1.82) is 0 Å². The molecule has 1 aromatic heterocycles. The summed E-state index contributed by atoms with van der Waals surface area (Å²) < 4.78 is 23.0. The molecule has 35 heavy (non-hydrogen) atoms. The maximum Gasteiger partial charge on any atom is 0.341 e. The number of hydrogen-bond acceptors (Lipinski definition) is 7. The van der Waals surface area contributed by atoms with Gasteiger partial charge in [0.25, 0.3) is 9.04 Å². The molecule has 1 heterocycles. The van der Waals surface area contributed by atoms with Gasteiger partial charge in [0.1, 0.15) is 16.3 Å². The average molecular weight is 513 g/mol. The topological polar surface area (TPSA) is 66.9 Å². The molecule has 0 N–H and O–H groups in total. The standard InChI is InChI=1S/C27H34NO5SSi/c1-9-31-21-14-11-17(15-22(21)32-10-2)25-28-20(16-34-25)18-12-13-19(27(3,4)5)23(26(29)30-6)24(18)33-35(7)8/h11-16H,9-10H2,1-8H3. The van der Waals surface area contributed by atoms with Crippen molar-refractivity contribution in [2.45, 2.75) is 53.1 Å². The van der Waals surface area contributed by atoms with Crippen molar-refractivity contribution in [1.82, 2.24) is 4.98 Å². The number of nitrogens with zero attached hydrogens (tertiary/aromatic N) is 1. The molecule has 0 spiro atoms. The van der Waals surface area contributed by atoms with Crippen molar-refractivity contribution in [3.8, 4) is 39.1 Å². The van der Waals surface area contributed by atoms with E-state index in [1.807, 2.05) is 62.7 Å². The van der Waals surface area contributed by atoms with E-state index in [-0.39, 0.29) is 5.41 Å². The monoisotopic (exact) mass is 512 g/mol. The third kappa shape index (κ3) is 6.05. The molecule has 187 valence electrons. The molecule has 3 aromatic rings. The number of aromatic nitrogens is 1. The molecule has 0 saturated heterocycles. The van der Waals surface area contributed by atoms with Gasteiger partial charge in [-0.25, -0.2) is 9.78 Å². The first-order chi connectivity index (χ1) is 16.6. The quantitative estimate of drug-likeness (QED) is 0.227. The Morgan fingerprint density at radius 2 is 1.71 bits per heavy atom. The molecule has 0 aliphatic rings. The van der Waals surface area contributed by atoms with E-state index in [1.54, 1.807) is 0 Å². The van der Waals surface area contributed by atoms with Crippen LogP contribution in [0.3, 0.4) is 0 Å². The zero-order chi connectivity index (χ0) is 25.8.